The van der Waals surface area contributed by atoms with Gasteiger partial charge >= 0.3 is 0 Å². The molecule has 0 aliphatic heterocycles. The molecule has 0 spiro atoms. The highest BCUT2D eigenvalue weighted by Gasteiger charge is 2.23. The van der Waals surface area contributed by atoms with Crippen molar-refractivity contribution in [2.75, 3.05) is 0 Å². The molecule has 0 bridgehead atoms. The average molecular weight is 373 g/mol. The van der Waals surface area contributed by atoms with Crippen molar-refractivity contribution in [1.29, 1.82) is 0 Å². The SMILES string of the molecule is C[C@@H]1CCc2c(sc3nc(/C(Cl)=C/c4cccc(O)c4)[nH]c(=O)c23)C1. The Kier molecular flexibility index (Phi) is 4.13. The van der Waals surface area contributed by atoms with Gasteiger partial charge in [0, 0.05) is 4.88 Å². The van der Waals surface area contributed by atoms with Crippen molar-refractivity contribution in [3.8, 4) is 5.75 Å². The zero-order valence-corrected chi connectivity index (χ0v) is 15.2. The van der Waals surface area contributed by atoms with Crippen LogP contribution in [0.15, 0.2) is 29.1 Å². The fourth-order valence-corrected chi connectivity index (χ4v) is 4.89. The molecule has 4 rings (SSSR count). The Labute approximate surface area is 153 Å². The van der Waals surface area contributed by atoms with Gasteiger partial charge in [-0.25, -0.2) is 4.98 Å². The summed E-state index contributed by atoms with van der Waals surface area (Å²) < 4.78 is 0. The number of thiophene rings is 1. The van der Waals surface area contributed by atoms with Crippen molar-refractivity contribution >= 4 is 44.3 Å². The van der Waals surface area contributed by atoms with Crippen LogP contribution in [0.4, 0.5) is 0 Å². The number of rotatable bonds is 2. The van der Waals surface area contributed by atoms with Crippen LogP contribution in [0.5, 0.6) is 5.75 Å². The van der Waals surface area contributed by atoms with Crippen molar-refractivity contribution in [3.05, 3.63) is 56.4 Å². The second-order valence-electron chi connectivity index (χ2n) is 6.53. The Morgan fingerprint density at radius 3 is 3.12 bits per heavy atom. The number of hydrogen-bond acceptors (Lipinski definition) is 4. The Balaban J connectivity index is 1.80. The molecular weight excluding hydrogens is 356 g/mol. The van der Waals surface area contributed by atoms with Gasteiger partial charge in [0.15, 0.2) is 5.82 Å². The third-order valence-corrected chi connectivity index (χ3v) is 5.99. The Morgan fingerprint density at radius 2 is 2.32 bits per heavy atom. The summed E-state index contributed by atoms with van der Waals surface area (Å²) in [7, 11) is 0. The summed E-state index contributed by atoms with van der Waals surface area (Å²) in [5.74, 6) is 1.16. The first-order chi connectivity index (χ1) is 12.0. The van der Waals surface area contributed by atoms with Gasteiger partial charge in [-0.3, -0.25) is 4.79 Å². The van der Waals surface area contributed by atoms with Gasteiger partial charge < -0.3 is 10.1 Å². The molecular formula is C19H17ClN2O2S. The maximum atomic E-state index is 12.6. The molecule has 128 valence electrons. The van der Waals surface area contributed by atoms with E-state index in [4.69, 9.17) is 11.6 Å². The number of halogens is 1. The quantitative estimate of drug-likeness (QED) is 0.693. The van der Waals surface area contributed by atoms with Crippen molar-refractivity contribution < 1.29 is 5.11 Å². The van der Waals surface area contributed by atoms with Crippen molar-refractivity contribution in [2.45, 2.75) is 26.2 Å². The van der Waals surface area contributed by atoms with E-state index in [1.807, 2.05) is 6.07 Å². The van der Waals surface area contributed by atoms with E-state index in [0.717, 1.165) is 40.6 Å². The first-order valence-electron chi connectivity index (χ1n) is 8.22. The summed E-state index contributed by atoms with van der Waals surface area (Å²) in [6, 6.07) is 6.75. The number of benzene rings is 1. The second kappa shape index (κ2) is 6.32. The van der Waals surface area contributed by atoms with Crippen LogP contribution in [0.25, 0.3) is 21.3 Å². The molecule has 1 atom stereocenters. The summed E-state index contributed by atoms with van der Waals surface area (Å²) in [6.07, 6.45) is 4.74. The minimum atomic E-state index is -0.130. The first-order valence-corrected chi connectivity index (χ1v) is 9.42. The van der Waals surface area contributed by atoms with Gasteiger partial charge in [0.2, 0.25) is 0 Å². The number of aromatic nitrogens is 2. The molecule has 1 aliphatic rings. The van der Waals surface area contributed by atoms with Gasteiger partial charge in [0.1, 0.15) is 10.6 Å². The molecule has 6 heteroatoms. The van der Waals surface area contributed by atoms with Crippen molar-refractivity contribution in [3.63, 3.8) is 0 Å². The van der Waals surface area contributed by atoms with Crippen LogP contribution in [0.3, 0.4) is 0 Å². The Bertz CT molecular complexity index is 1050. The smallest absolute Gasteiger partial charge is 0.260 e. The lowest BCUT2D eigenvalue weighted by Crippen LogP contribution is -2.14. The monoisotopic (exact) mass is 372 g/mol. The number of H-pyrrole nitrogens is 1. The summed E-state index contributed by atoms with van der Waals surface area (Å²) in [4.78, 5) is 22.0. The highest BCUT2D eigenvalue weighted by molar-refractivity contribution is 7.18. The number of fused-ring (bicyclic) bond motifs is 3. The van der Waals surface area contributed by atoms with Gasteiger partial charge in [0.25, 0.3) is 5.56 Å². The molecule has 2 aromatic heterocycles. The number of aromatic hydroxyl groups is 1. The fraction of sp³-hybridized carbons (Fsp3) is 0.263. The van der Waals surface area contributed by atoms with Crippen LogP contribution in [0.2, 0.25) is 0 Å². The lowest BCUT2D eigenvalue weighted by molar-refractivity contribution is 0.475. The highest BCUT2D eigenvalue weighted by atomic mass is 35.5. The van der Waals surface area contributed by atoms with Crippen LogP contribution in [-0.2, 0) is 12.8 Å². The molecule has 4 nitrogen and oxygen atoms in total. The van der Waals surface area contributed by atoms with Gasteiger partial charge in [-0.2, -0.15) is 0 Å². The summed E-state index contributed by atoms with van der Waals surface area (Å²) >= 11 is 7.97. The maximum absolute atomic E-state index is 12.6. The number of aromatic amines is 1. The fourth-order valence-electron chi connectivity index (χ4n) is 3.29. The summed E-state index contributed by atoms with van der Waals surface area (Å²) in [5.41, 5.74) is 1.77. The van der Waals surface area contributed by atoms with Gasteiger partial charge in [-0.05, 0) is 54.5 Å². The van der Waals surface area contributed by atoms with E-state index >= 15 is 0 Å². The summed E-state index contributed by atoms with van der Waals surface area (Å²) in [5, 5.41) is 10.6. The number of nitrogens with zero attached hydrogens (tertiary/aromatic N) is 1. The van der Waals surface area contributed by atoms with Crippen molar-refractivity contribution in [1.82, 2.24) is 9.97 Å². The number of phenolic OH excluding ortho intramolecular Hbond substituents is 1. The molecule has 0 fully saturated rings. The van der Waals surface area contributed by atoms with Gasteiger partial charge in [-0.1, -0.05) is 30.7 Å². The van der Waals surface area contributed by atoms with Crippen LogP contribution >= 0.6 is 22.9 Å². The maximum Gasteiger partial charge on any atom is 0.260 e. The first kappa shape index (κ1) is 16.4. The number of phenols is 1. The minimum absolute atomic E-state index is 0.130. The predicted molar refractivity (Wildman–Crippen MR) is 103 cm³/mol. The molecule has 25 heavy (non-hydrogen) atoms. The van der Waals surface area contributed by atoms with Crippen LogP contribution in [-0.4, -0.2) is 15.1 Å². The number of hydrogen-bond donors (Lipinski definition) is 2. The van der Waals surface area contributed by atoms with Crippen molar-refractivity contribution in [2.24, 2.45) is 5.92 Å². The topological polar surface area (TPSA) is 66.0 Å². The van der Waals surface area contributed by atoms with E-state index in [2.05, 4.69) is 16.9 Å². The van der Waals surface area contributed by atoms with E-state index in [-0.39, 0.29) is 11.3 Å². The normalized spacial score (nSPS) is 17.7. The minimum Gasteiger partial charge on any atom is -0.508 e. The molecule has 0 saturated heterocycles. The standard InChI is InChI=1S/C19H17ClN2O2S/c1-10-5-6-13-15(7-10)25-19-16(13)18(24)21-17(22-19)14(20)9-11-3-2-4-12(23)8-11/h2-4,8-10,23H,5-7H2,1H3,(H,21,22,24)/b14-9-/t10-/m1/s1. The zero-order chi connectivity index (χ0) is 17.6. The van der Waals surface area contributed by atoms with Crippen LogP contribution < -0.4 is 5.56 Å². The molecule has 0 saturated carbocycles. The third-order valence-electron chi connectivity index (χ3n) is 4.56. The summed E-state index contributed by atoms with van der Waals surface area (Å²) in [6.45, 7) is 2.24. The van der Waals surface area contributed by atoms with Crippen LogP contribution in [0.1, 0.15) is 35.2 Å². The average Bonchev–Trinajstić information content (AvgIpc) is 2.92. The zero-order valence-electron chi connectivity index (χ0n) is 13.7. The van der Waals surface area contributed by atoms with E-state index in [9.17, 15) is 9.90 Å². The molecule has 2 N–H and O–H groups in total. The molecule has 0 amide bonds. The van der Waals surface area contributed by atoms with E-state index in [1.165, 1.54) is 4.88 Å². The van der Waals surface area contributed by atoms with Gasteiger partial charge in [-0.15, -0.1) is 11.3 Å². The number of nitrogens with one attached hydrogen (secondary N) is 1. The molecule has 1 aliphatic carbocycles. The third kappa shape index (κ3) is 3.10. The highest BCUT2D eigenvalue weighted by Crippen LogP contribution is 2.36. The molecule has 0 unspecified atom stereocenters. The molecule has 0 radical (unpaired) electrons. The Morgan fingerprint density at radius 1 is 1.48 bits per heavy atom. The van der Waals surface area contributed by atoms with E-state index in [1.54, 1.807) is 35.6 Å². The molecule has 1 aromatic carbocycles. The van der Waals surface area contributed by atoms with Gasteiger partial charge in [0.05, 0.1) is 10.4 Å². The predicted octanol–water partition coefficient (Wildman–Crippen LogP) is 4.55. The lowest BCUT2D eigenvalue weighted by Gasteiger charge is -2.17. The second-order valence-corrected chi connectivity index (χ2v) is 8.02. The number of aryl methyl sites for hydroxylation is 1. The van der Waals surface area contributed by atoms with E-state index < -0.39 is 0 Å². The molecule has 2 heterocycles. The molecule has 3 aromatic rings. The van der Waals surface area contributed by atoms with E-state index in [0.29, 0.717) is 16.8 Å². The lowest BCUT2D eigenvalue weighted by atomic mass is 9.89. The Hall–Kier alpha value is -2.11. The largest absolute Gasteiger partial charge is 0.508 e. The van der Waals surface area contributed by atoms with Crippen LogP contribution in [0, 0.1) is 5.92 Å².